The molecule has 4 aromatic carbocycles. The largest absolute Gasteiger partial charge is 0.455 e. The molecule has 2 heteroatoms. The van der Waals surface area contributed by atoms with Crippen molar-refractivity contribution in [1.82, 2.24) is 0 Å². The minimum Gasteiger partial charge on any atom is -0.455 e. The Morgan fingerprint density at radius 1 is 0.769 bits per heavy atom. The van der Waals surface area contributed by atoms with Gasteiger partial charge in [-0.15, -0.1) is 0 Å². The number of halogens is 1. The lowest BCUT2D eigenvalue weighted by Gasteiger charge is -2.08. The molecule has 5 rings (SSSR count). The monoisotopic (exact) mass is 359 g/mol. The van der Waals surface area contributed by atoms with Crippen molar-refractivity contribution in [3.8, 4) is 22.3 Å². The molecule has 26 heavy (non-hydrogen) atoms. The number of fused-ring (bicyclic) bond motifs is 3. The Hall–Kier alpha value is -3.03. The van der Waals surface area contributed by atoms with Crippen LogP contribution in [0.15, 0.2) is 95.3 Å². The Kier molecular flexibility index (Phi) is 2.52. The summed E-state index contributed by atoms with van der Waals surface area (Å²) in [6.07, 6.45) is 0. The van der Waals surface area contributed by atoms with E-state index in [0.717, 1.165) is 21.9 Å². The summed E-state index contributed by atoms with van der Waals surface area (Å²) >= 11 is 6.49. The lowest BCUT2D eigenvalue weighted by molar-refractivity contribution is 0.670. The predicted molar refractivity (Wildman–Crippen MR) is 110 cm³/mol. The van der Waals surface area contributed by atoms with E-state index in [9.17, 15) is 0 Å². The normalized spacial score (nSPS) is 14.0. The van der Waals surface area contributed by atoms with Crippen LogP contribution < -0.4 is 0 Å². The molecule has 1 heterocycles. The van der Waals surface area contributed by atoms with Crippen LogP contribution in [-0.2, 0) is 0 Å². The summed E-state index contributed by atoms with van der Waals surface area (Å²) in [5.74, 6) is 0. The van der Waals surface area contributed by atoms with Crippen molar-refractivity contribution in [3.05, 3.63) is 95.9 Å². The maximum atomic E-state index is 8.46. The Labute approximate surface area is 163 Å². The first-order valence-electron chi connectivity index (χ1n) is 10.7. The fraction of sp³-hybridized carbons (Fsp3) is 0. The van der Waals surface area contributed by atoms with E-state index in [0.29, 0.717) is 21.8 Å². The summed E-state index contributed by atoms with van der Waals surface area (Å²) in [4.78, 5) is 0. The summed E-state index contributed by atoms with van der Waals surface area (Å²) < 4.78 is 47.1. The van der Waals surface area contributed by atoms with E-state index in [1.807, 2.05) is 42.5 Å². The Morgan fingerprint density at radius 2 is 1.58 bits per heavy atom. The lowest BCUT2D eigenvalue weighted by atomic mass is 9.96. The zero-order valence-corrected chi connectivity index (χ0v) is 14.3. The molecule has 0 aliphatic carbocycles. The highest BCUT2D eigenvalue weighted by molar-refractivity contribution is 6.38. The third-order valence-electron chi connectivity index (χ3n) is 4.42. The first kappa shape index (κ1) is 10.8. The van der Waals surface area contributed by atoms with E-state index in [1.165, 1.54) is 0 Å². The molecular formula is C24H15ClO. The van der Waals surface area contributed by atoms with Crippen molar-refractivity contribution in [2.45, 2.75) is 0 Å². The van der Waals surface area contributed by atoms with E-state index in [1.54, 1.807) is 18.2 Å². The molecule has 0 spiro atoms. The fourth-order valence-corrected chi connectivity index (χ4v) is 3.52. The lowest BCUT2D eigenvalue weighted by Crippen LogP contribution is -1.83. The molecule has 0 saturated heterocycles. The minimum atomic E-state index is -0.429. The van der Waals surface area contributed by atoms with E-state index < -0.39 is 6.04 Å². The van der Waals surface area contributed by atoms with Crippen LogP contribution in [0.3, 0.4) is 0 Å². The van der Waals surface area contributed by atoms with Gasteiger partial charge in [0.15, 0.2) is 0 Å². The molecule has 0 radical (unpaired) electrons. The van der Waals surface area contributed by atoms with E-state index in [2.05, 4.69) is 0 Å². The summed E-state index contributed by atoms with van der Waals surface area (Å²) in [6, 6.07) is 17.1. The second-order valence-electron chi connectivity index (χ2n) is 5.98. The maximum absolute atomic E-state index is 8.46. The molecule has 0 aliphatic heterocycles. The highest BCUT2D eigenvalue weighted by Crippen LogP contribution is 2.41. The Morgan fingerprint density at radius 3 is 2.38 bits per heavy atom. The molecule has 0 saturated carbocycles. The number of furan rings is 1. The topological polar surface area (TPSA) is 13.1 Å². The van der Waals surface area contributed by atoms with Crippen LogP contribution in [-0.4, -0.2) is 0 Å². The molecule has 0 fully saturated rings. The van der Waals surface area contributed by atoms with Gasteiger partial charge in [-0.3, -0.25) is 0 Å². The molecular weight excluding hydrogens is 340 g/mol. The number of hydrogen-bond acceptors (Lipinski definition) is 1. The minimum absolute atomic E-state index is 0.101. The molecule has 0 aliphatic rings. The zero-order valence-electron chi connectivity index (χ0n) is 18.6. The van der Waals surface area contributed by atoms with Gasteiger partial charge in [-0.2, -0.15) is 0 Å². The smallest absolute Gasteiger partial charge is 0.143 e. The molecule has 1 nitrogen and oxygen atoms in total. The summed E-state index contributed by atoms with van der Waals surface area (Å²) in [7, 11) is 0. The van der Waals surface area contributed by atoms with E-state index >= 15 is 0 Å². The quantitative estimate of drug-likeness (QED) is 0.316. The van der Waals surface area contributed by atoms with Crippen molar-refractivity contribution in [2.75, 3.05) is 0 Å². The van der Waals surface area contributed by atoms with Gasteiger partial charge >= 0.3 is 0 Å². The third kappa shape index (κ3) is 2.40. The van der Waals surface area contributed by atoms with Crippen molar-refractivity contribution >= 4 is 33.5 Å². The van der Waals surface area contributed by atoms with Gasteiger partial charge in [-0.1, -0.05) is 78.2 Å². The van der Waals surface area contributed by atoms with E-state index in [4.69, 9.17) is 22.9 Å². The van der Waals surface area contributed by atoms with Gasteiger partial charge in [0, 0.05) is 16.3 Å². The van der Waals surface area contributed by atoms with Gasteiger partial charge in [0.05, 0.1) is 11.9 Å². The van der Waals surface area contributed by atoms with Gasteiger partial charge in [0.2, 0.25) is 0 Å². The Bertz CT molecular complexity index is 1460. The SMILES string of the molecule is [2H]c1c([2H])c([2H])c(-c2cc(-c3ccccc3)cc3c2oc2cccc(Cl)c23)c([2H])c1[2H]. The van der Waals surface area contributed by atoms with E-state index in [-0.39, 0.29) is 29.7 Å². The molecule has 0 unspecified atom stereocenters. The van der Waals surface area contributed by atoms with Gasteiger partial charge in [-0.25, -0.2) is 0 Å². The summed E-state index contributed by atoms with van der Waals surface area (Å²) in [5, 5.41) is 1.97. The second-order valence-corrected chi connectivity index (χ2v) is 6.39. The van der Waals surface area contributed by atoms with Crippen LogP contribution >= 0.6 is 11.6 Å². The maximum Gasteiger partial charge on any atom is 0.143 e. The van der Waals surface area contributed by atoms with Gasteiger partial charge < -0.3 is 4.42 Å². The first-order chi connectivity index (χ1) is 14.9. The first-order valence-corrected chi connectivity index (χ1v) is 8.53. The third-order valence-corrected chi connectivity index (χ3v) is 4.74. The van der Waals surface area contributed by atoms with Crippen LogP contribution in [0.25, 0.3) is 44.2 Å². The molecule has 0 atom stereocenters. The number of hydrogen-bond donors (Lipinski definition) is 0. The van der Waals surface area contributed by atoms with Crippen LogP contribution in [0, 0.1) is 0 Å². The van der Waals surface area contributed by atoms with Crippen LogP contribution in [0.5, 0.6) is 0 Å². The zero-order chi connectivity index (χ0) is 21.9. The fourth-order valence-electron chi connectivity index (χ4n) is 3.25. The number of rotatable bonds is 2. The second kappa shape index (κ2) is 6.05. The standard InChI is InChI=1S/C24H15ClO/c25-21-12-7-13-22-23(21)20-15-18(16-8-3-1-4-9-16)14-19(24(20)26-22)17-10-5-2-6-11-17/h1-15H/i2D,5D,6D,10D,11D. The molecule has 0 amide bonds. The van der Waals surface area contributed by atoms with Crippen molar-refractivity contribution in [2.24, 2.45) is 0 Å². The van der Waals surface area contributed by atoms with Gasteiger partial charge in [0.1, 0.15) is 11.2 Å². The molecule has 0 bridgehead atoms. The highest BCUT2D eigenvalue weighted by Gasteiger charge is 2.16. The van der Waals surface area contributed by atoms with Crippen molar-refractivity contribution < 1.29 is 11.3 Å². The average Bonchev–Trinajstić information content (AvgIpc) is 3.17. The van der Waals surface area contributed by atoms with Crippen LogP contribution in [0.1, 0.15) is 6.85 Å². The van der Waals surface area contributed by atoms with Gasteiger partial charge in [0.25, 0.3) is 0 Å². The molecule has 124 valence electrons. The Balaban J connectivity index is 1.98. The number of benzene rings is 4. The summed E-state index contributed by atoms with van der Waals surface area (Å²) in [6.45, 7) is 0. The predicted octanol–water partition coefficient (Wildman–Crippen LogP) is 7.57. The summed E-state index contributed by atoms with van der Waals surface area (Å²) in [5.41, 5.74) is 3.30. The van der Waals surface area contributed by atoms with Crippen molar-refractivity contribution in [3.63, 3.8) is 0 Å². The molecule has 0 N–H and O–H groups in total. The molecule has 5 aromatic rings. The average molecular weight is 360 g/mol. The highest BCUT2D eigenvalue weighted by atomic mass is 35.5. The molecule has 1 aromatic heterocycles. The van der Waals surface area contributed by atoms with Gasteiger partial charge in [-0.05, 0) is 41.0 Å². The van der Waals surface area contributed by atoms with Crippen LogP contribution in [0.2, 0.25) is 5.02 Å². The van der Waals surface area contributed by atoms with Crippen molar-refractivity contribution in [1.29, 1.82) is 0 Å². The van der Waals surface area contributed by atoms with Crippen LogP contribution in [0.4, 0.5) is 0 Å².